The van der Waals surface area contributed by atoms with Gasteiger partial charge in [0.1, 0.15) is 6.79 Å². The topological polar surface area (TPSA) is 31.2 Å². The molecule has 0 saturated carbocycles. The van der Waals surface area contributed by atoms with Gasteiger partial charge in [0.15, 0.2) is 0 Å². The molecular formula is C29H31ClNOP2Ru. The monoisotopic (exact) mass is 608 g/mol. The molecule has 183 valence electrons. The van der Waals surface area contributed by atoms with Crippen LogP contribution in [-0.4, -0.2) is 32.2 Å². The number of carbonyl (C=O) groups excluding carboxylic acids is 1. The minimum Gasteiger partial charge on any atom is -0.662 e. The fourth-order valence-electron chi connectivity index (χ4n) is 3.70. The second kappa shape index (κ2) is 18.5. The molecule has 0 saturated heterocycles. The predicted molar refractivity (Wildman–Crippen MR) is 155 cm³/mol. The predicted octanol–water partition coefficient (Wildman–Crippen LogP) is 5.86. The van der Waals surface area contributed by atoms with Crippen molar-refractivity contribution in [2.45, 2.75) is 0 Å². The summed E-state index contributed by atoms with van der Waals surface area (Å²) in [5.41, 5.74) is 0. The molecule has 0 amide bonds. The van der Waals surface area contributed by atoms with E-state index in [-0.39, 0.29) is 47.7 Å². The fourth-order valence-corrected chi connectivity index (χ4v) is 8.14. The van der Waals surface area contributed by atoms with Crippen molar-refractivity contribution in [2.75, 3.05) is 25.4 Å². The van der Waals surface area contributed by atoms with Gasteiger partial charge in [0, 0.05) is 0 Å². The quantitative estimate of drug-likeness (QED) is 0.126. The first-order valence-corrected chi connectivity index (χ1v) is 14.1. The van der Waals surface area contributed by atoms with E-state index in [1.165, 1.54) is 21.2 Å². The van der Waals surface area contributed by atoms with Gasteiger partial charge in [-0.05, 0) is 49.4 Å². The second-order valence-electron chi connectivity index (χ2n) is 7.32. The van der Waals surface area contributed by atoms with Crippen molar-refractivity contribution >= 4 is 56.3 Å². The normalized spacial score (nSPS) is 10.0. The Morgan fingerprint density at radius 2 is 0.714 bits per heavy atom. The number of hydrogen-bond acceptors (Lipinski definition) is 1. The number of benzene rings is 4. The maximum Gasteiger partial charge on any atom is 1.00 e. The van der Waals surface area contributed by atoms with Crippen LogP contribution in [0.4, 0.5) is 0 Å². The van der Waals surface area contributed by atoms with Gasteiger partial charge in [0.2, 0.25) is 0 Å². The summed E-state index contributed by atoms with van der Waals surface area (Å²) < 4.78 is 0. The van der Waals surface area contributed by atoms with Gasteiger partial charge < -0.3 is 10.1 Å². The van der Waals surface area contributed by atoms with Crippen molar-refractivity contribution in [1.29, 1.82) is 0 Å². The van der Waals surface area contributed by atoms with Crippen LogP contribution in [0.1, 0.15) is 0 Å². The number of hydrogen-bond donors (Lipinski definition) is 0. The molecule has 0 aromatic heterocycles. The number of nitrogens with zero attached hydrogens (tertiary/aromatic N) is 1. The Hall–Kier alpha value is -1.72. The Kier molecular flexibility index (Phi) is 16.6. The molecular weight excluding hydrogens is 577 g/mol. The molecule has 0 aliphatic rings. The molecule has 4 aromatic carbocycles. The van der Waals surface area contributed by atoms with Gasteiger partial charge in [-0.3, -0.25) is 0 Å². The van der Waals surface area contributed by atoms with E-state index in [0.29, 0.717) is 0 Å². The summed E-state index contributed by atoms with van der Waals surface area (Å²) in [6.07, 6.45) is 2.22. The standard InChI is InChI=1S/C28H28NP2.CH2O.ClH.Ru/c1-5-13-25(14-6-1)30(26-15-7-2-8-16-26)23-21-29-22-24-31(27-17-9-3-10-18-27)28-19-11-4-12-20-28;1-2;;/h1-20H,21-24H2;1H2;1H;/q-1;;;+1. The second-order valence-corrected chi connectivity index (χ2v) is 12.0. The van der Waals surface area contributed by atoms with Crippen LogP contribution in [0.25, 0.3) is 5.32 Å². The maximum absolute atomic E-state index is 8.00. The Bertz CT molecular complexity index is 879. The molecule has 0 N–H and O–H groups in total. The van der Waals surface area contributed by atoms with Crippen LogP contribution in [0.3, 0.4) is 0 Å². The molecule has 35 heavy (non-hydrogen) atoms. The van der Waals surface area contributed by atoms with Gasteiger partial charge in [-0.2, -0.15) is 0 Å². The van der Waals surface area contributed by atoms with Gasteiger partial charge >= 0.3 is 19.5 Å². The summed E-state index contributed by atoms with van der Waals surface area (Å²) in [6.45, 7) is 3.84. The Morgan fingerprint density at radius 1 is 0.486 bits per heavy atom. The molecule has 4 aromatic rings. The van der Waals surface area contributed by atoms with E-state index in [1.54, 1.807) is 0 Å². The van der Waals surface area contributed by atoms with Crippen molar-refractivity contribution in [3.63, 3.8) is 0 Å². The maximum atomic E-state index is 8.00. The average Bonchev–Trinajstić information content (AvgIpc) is 2.91. The summed E-state index contributed by atoms with van der Waals surface area (Å²) in [4.78, 5) is 8.00. The van der Waals surface area contributed by atoms with Crippen molar-refractivity contribution in [3.8, 4) is 0 Å². The zero-order valence-corrected chi connectivity index (χ0v) is 23.9. The summed E-state index contributed by atoms with van der Waals surface area (Å²) in [6, 6.07) is 43.7. The summed E-state index contributed by atoms with van der Waals surface area (Å²) in [5.74, 6) is 0. The van der Waals surface area contributed by atoms with Gasteiger partial charge in [-0.1, -0.05) is 121 Å². The zero-order valence-electron chi connectivity index (χ0n) is 19.6. The fraction of sp³-hybridized carbons (Fsp3) is 0.138. The van der Waals surface area contributed by atoms with Gasteiger partial charge in [-0.25, -0.2) is 0 Å². The molecule has 0 bridgehead atoms. The minimum absolute atomic E-state index is 0. The van der Waals surface area contributed by atoms with Crippen molar-refractivity contribution < 1.29 is 24.3 Å². The van der Waals surface area contributed by atoms with Crippen molar-refractivity contribution in [1.82, 2.24) is 0 Å². The van der Waals surface area contributed by atoms with E-state index < -0.39 is 0 Å². The van der Waals surface area contributed by atoms with Crippen LogP contribution in [0, 0.1) is 0 Å². The molecule has 0 unspecified atom stereocenters. The third kappa shape index (κ3) is 10.0. The van der Waals surface area contributed by atoms with E-state index in [0.717, 1.165) is 25.4 Å². The SMILES string of the molecule is C=O.Cl.[Ru+].c1ccc(P(CC[N-]CCP(c2ccccc2)c2ccccc2)c2ccccc2)cc1. The first kappa shape index (κ1) is 31.3. The molecule has 6 heteroatoms. The van der Waals surface area contributed by atoms with Crippen LogP contribution in [-0.2, 0) is 24.3 Å². The molecule has 0 spiro atoms. The summed E-state index contributed by atoms with van der Waals surface area (Å²) in [5, 5.41) is 10.7. The largest absolute Gasteiger partial charge is 1.00 e. The Morgan fingerprint density at radius 3 is 0.943 bits per heavy atom. The molecule has 1 radical (unpaired) electrons. The average molecular weight is 608 g/mol. The molecule has 2 nitrogen and oxygen atoms in total. The van der Waals surface area contributed by atoms with Crippen LogP contribution in [0.15, 0.2) is 121 Å². The number of rotatable bonds is 10. The minimum atomic E-state index is -0.359. The molecule has 0 atom stereocenters. The molecule has 0 aliphatic carbocycles. The van der Waals surface area contributed by atoms with Crippen LogP contribution < -0.4 is 21.2 Å². The first-order chi connectivity index (χ1) is 16.4. The van der Waals surface area contributed by atoms with Gasteiger partial charge in [-0.15, -0.1) is 25.5 Å². The smallest absolute Gasteiger partial charge is 0.662 e. The third-order valence-electron chi connectivity index (χ3n) is 5.23. The van der Waals surface area contributed by atoms with Gasteiger partial charge in [0.25, 0.3) is 0 Å². The summed E-state index contributed by atoms with van der Waals surface area (Å²) >= 11 is 0. The first-order valence-electron chi connectivity index (χ1n) is 11.1. The number of carbonyl (C=O) groups is 1. The number of halogens is 1. The summed E-state index contributed by atoms with van der Waals surface area (Å²) in [7, 11) is -0.718. The van der Waals surface area contributed by atoms with E-state index in [9.17, 15) is 0 Å². The van der Waals surface area contributed by atoms with E-state index in [4.69, 9.17) is 10.1 Å². The van der Waals surface area contributed by atoms with E-state index in [2.05, 4.69) is 121 Å². The molecule has 0 aliphatic heterocycles. The zero-order chi connectivity index (χ0) is 23.1. The van der Waals surface area contributed by atoms with E-state index in [1.807, 2.05) is 6.79 Å². The molecule has 4 rings (SSSR count). The van der Waals surface area contributed by atoms with Crippen LogP contribution in [0.5, 0.6) is 0 Å². The molecule has 0 fully saturated rings. The third-order valence-corrected chi connectivity index (χ3v) is 10.2. The Balaban J connectivity index is 0.00000149. The van der Waals surface area contributed by atoms with Gasteiger partial charge in [0.05, 0.1) is 0 Å². The van der Waals surface area contributed by atoms with Crippen molar-refractivity contribution in [3.05, 3.63) is 127 Å². The Labute approximate surface area is 231 Å². The van der Waals surface area contributed by atoms with Crippen molar-refractivity contribution in [2.24, 2.45) is 0 Å². The van der Waals surface area contributed by atoms with Crippen LogP contribution in [0.2, 0.25) is 0 Å². The van der Waals surface area contributed by atoms with E-state index >= 15 is 0 Å². The molecule has 0 heterocycles. The van der Waals surface area contributed by atoms with Crippen LogP contribution >= 0.6 is 28.3 Å².